The van der Waals surface area contributed by atoms with E-state index in [9.17, 15) is 4.79 Å². The first-order valence-electron chi connectivity index (χ1n) is 5.92. The molecular weight excluding hydrogens is 294 g/mol. The number of nitrogens with zero attached hydrogens (tertiary/aromatic N) is 2. The molecule has 0 aliphatic rings. The Labute approximate surface area is 124 Å². The first-order chi connectivity index (χ1) is 9.61. The summed E-state index contributed by atoms with van der Waals surface area (Å²) >= 11 is 7.22. The normalized spacial score (nSPS) is 10.7. The molecule has 100 valence electrons. The topological polar surface area (TPSA) is 54.9 Å². The molecule has 3 aromatic rings. The average Bonchev–Trinajstić information content (AvgIpc) is 2.80. The molecule has 1 amide bonds. The largest absolute Gasteiger partial charge is 0.298 e. The van der Waals surface area contributed by atoms with E-state index in [-0.39, 0.29) is 5.91 Å². The molecule has 0 atom stereocenters. The Morgan fingerprint density at radius 1 is 1.30 bits per heavy atom. The van der Waals surface area contributed by atoms with Crippen molar-refractivity contribution in [2.75, 3.05) is 5.32 Å². The number of thiazole rings is 1. The molecule has 2 aromatic heterocycles. The molecule has 4 nitrogen and oxygen atoms in total. The van der Waals surface area contributed by atoms with Crippen molar-refractivity contribution in [1.29, 1.82) is 0 Å². The van der Waals surface area contributed by atoms with Crippen molar-refractivity contribution in [2.45, 2.75) is 6.92 Å². The molecule has 0 bridgehead atoms. The molecule has 0 fully saturated rings. The van der Waals surface area contributed by atoms with Crippen LogP contribution in [-0.2, 0) is 0 Å². The van der Waals surface area contributed by atoms with Crippen molar-refractivity contribution < 1.29 is 4.79 Å². The third-order valence-corrected chi connectivity index (χ3v) is 3.92. The highest BCUT2D eigenvalue weighted by Crippen LogP contribution is 2.26. The zero-order chi connectivity index (χ0) is 14.1. The minimum atomic E-state index is -0.203. The van der Waals surface area contributed by atoms with Crippen molar-refractivity contribution in [2.24, 2.45) is 0 Å². The first kappa shape index (κ1) is 13.0. The second kappa shape index (κ2) is 5.19. The second-order valence-corrected chi connectivity index (χ2v) is 5.74. The number of benzene rings is 1. The maximum atomic E-state index is 12.1. The number of aromatic nitrogens is 2. The van der Waals surface area contributed by atoms with Crippen LogP contribution in [0.5, 0.6) is 0 Å². The number of aryl methyl sites for hydroxylation is 1. The van der Waals surface area contributed by atoms with E-state index in [1.54, 1.807) is 30.5 Å². The summed E-state index contributed by atoms with van der Waals surface area (Å²) in [5.74, 6) is -0.203. The highest BCUT2D eigenvalue weighted by atomic mass is 35.5. The van der Waals surface area contributed by atoms with E-state index in [2.05, 4.69) is 15.3 Å². The number of fused-ring (bicyclic) bond motifs is 1. The molecule has 0 saturated heterocycles. The number of hydrogen-bond acceptors (Lipinski definition) is 4. The van der Waals surface area contributed by atoms with Crippen LogP contribution in [0, 0.1) is 6.92 Å². The first-order valence-corrected chi connectivity index (χ1v) is 7.11. The van der Waals surface area contributed by atoms with Crippen LogP contribution in [0.25, 0.3) is 10.2 Å². The van der Waals surface area contributed by atoms with Crippen LogP contribution in [0.3, 0.4) is 0 Å². The fourth-order valence-corrected chi connectivity index (χ4v) is 2.81. The summed E-state index contributed by atoms with van der Waals surface area (Å²) in [7, 11) is 0. The lowest BCUT2D eigenvalue weighted by atomic mass is 10.2. The van der Waals surface area contributed by atoms with Crippen LogP contribution < -0.4 is 5.32 Å². The fraction of sp³-hybridized carbons (Fsp3) is 0.0714. The minimum absolute atomic E-state index is 0.203. The van der Waals surface area contributed by atoms with Gasteiger partial charge in [-0.25, -0.2) is 4.98 Å². The van der Waals surface area contributed by atoms with Crippen molar-refractivity contribution >= 4 is 44.2 Å². The SMILES string of the molecule is Cc1cc2sc(NC(=O)c3ccc(Cl)cc3)nc2cn1. The number of pyridine rings is 1. The van der Waals surface area contributed by atoms with Gasteiger partial charge in [0.1, 0.15) is 5.52 Å². The number of amides is 1. The van der Waals surface area contributed by atoms with Gasteiger partial charge in [-0.15, -0.1) is 0 Å². The molecule has 0 aliphatic carbocycles. The molecule has 3 rings (SSSR count). The summed E-state index contributed by atoms with van der Waals surface area (Å²) in [5, 5.41) is 3.95. The van der Waals surface area contributed by atoms with E-state index in [1.165, 1.54) is 11.3 Å². The van der Waals surface area contributed by atoms with E-state index in [0.29, 0.717) is 15.7 Å². The Morgan fingerprint density at radius 2 is 2.05 bits per heavy atom. The van der Waals surface area contributed by atoms with E-state index in [4.69, 9.17) is 11.6 Å². The number of rotatable bonds is 2. The molecule has 0 saturated carbocycles. The van der Waals surface area contributed by atoms with Gasteiger partial charge in [-0.3, -0.25) is 15.1 Å². The van der Waals surface area contributed by atoms with Crippen LogP contribution in [0.2, 0.25) is 5.02 Å². The van der Waals surface area contributed by atoms with Crippen molar-refractivity contribution in [3.05, 3.63) is 52.8 Å². The van der Waals surface area contributed by atoms with Crippen LogP contribution in [0.4, 0.5) is 5.13 Å². The third kappa shape index (κ3) is 2.64. The molecule has 1 aromatic carbocycles. The van der Waals surface area contributed by atoms with Gasteiger partial charge in [0.2, 0.25) is 0 Å². The fourth-order valence-electron chi connectivity index (χ4n) is 1.75. The summed E-state index contributed by atoms with van der Waals surface area (Å²) in [6, 6.07) is 8.67. The average molecular weight is 304 g/mol. The predicted octanol–water partition coefficient (Wildman–Crippen LogP) is 3.91. The number of carbonyl (C=O) groups is 1. The smallest absolute Gasteiger partial charge is 0.257 e. The van der Waals surface area contributed by atoms with Crippen LogP contribution in [0.15, 0.2) is 36.5 Å². The molecule has 20 heavy (non-hydrogen) atoms. The Bertz CT molecular complexity index is 783. The summed E-state index contributed by atoms with van der Waals surface area (Å²) in [4.78, 5) is 20.6. The zero-order valence-corrected chi connectivity index (χ0v) is 12.1. The number of carbonyl (C=O) groups excluding carboxylic acids is 1. The number of anilines is 1. The maximum absolute atomic E-state index is 12.1. The van der Waals surface area contributed by atoms with Gasteiger partial charge in [0.05, 0.1) is 10.9 Å². The molecule has 2 heterocycles. The van der Waals surface area contributed by atoms with Gasteiger partial charge in [0.15, 0.2) is 5.13 Å². The van der Waals surface area contributed by atoms with Gasteiger partial charge in [-0.1, -0.05) is 22.9 Å². The van der Waals surface area contributed by atoms with Crippen molar-refractivity contribution in [3.8, 4) is 0 Å². The van der Waals surface area contributed by atoms with E-state index >= 15 is 0 Å². The lowest BCUT2D eigenvalue weighted by Crippen LogP contribution is -2.11. The van der Waals surface area contributed by atoms with Crippen LogP contribution >= 0.6 is 22.9 Å². The Morgan fingerprint density at radius 3 is 2.80 bits per heavy atom. The molecule has 0 unspecified atom stereocenters. The lowest BCUT2D eigenvalue weighted by molar-refractivity contribution is 0.102. The zero-order valence-electron chi connectivity index (χ0n) is 10.6. The standard InChI is InChI=1S/C14H10ClN3OS/c1-8-6-12-11(7-16-8)17-14(20-12)18-13(19)9-2-4-10(15)5-3-9/h2-7H,1H3,(H,17,18,19). The highest BCUT2D eigenvalue weighted by Gasteiger charge is 2.10. The van der Waals surface area contributed by atoms with Crippen molar-refractivity contribution in [1.82, 2.24) is 9.97 Å². The van der Waals surface area contributed by atoms with E-state index in [0.717, 1.165) is 15.9 Å². The summed E-state index contributed by atoms with van der Waals surface area (Å²) < 4.78 is 1.00. The van der Waals surface area contributed by atoms with Gasteiger partial charge in [-0.2, -0.15) is 0 Å². The molecule has 0 spiro atoms. The van der Waals surface area contributed by atoms with Crippen molar-refractivity contribution in [3.63, 3.8) is 0 Å². The van der Waals surface area contributed by atoms with E-state index < -0.39 is 0 Å². The second-order valence-electron chi connectivity index (χ2n) is 4.27. The number of hydrogen-bond donors (Lipinski definition) is 1. The van der Waals surface area contributed by atoms with Gasteiger partial charge in [-0.05, 0) is 37.3 Å². The van der Waals surface area contributed by atoms with Gasteiger partial charge < -0.3 is 0 Å². The summed E-state index contributed by atoms with van der Waals surface area (Å²) in [5.41, 5.74) is 2.26. The van der Waals surface area contributed by atoms with E-state index in [1.807, 2.05) is 13.0 Å². The Hall–Kier alpha value is -1.98. The van der Waals surface area contributed by atoms with Gasteiger partial charge in [0.25, 0.3) is 5.91 Å². The van der Waals surface area contributed by atoms with Gasteiger partial charge in [0, 0.05) is 16.3 Å². The molecule has 6 heteroatoms. The number of halogens is 1. The van der Waals surface area contributed by atoms with Gasteiger partial charge >= 0.3 is 0 Å². The quantitative estimate of drug-likeness (QED) is 0.781. The molecule has 0 aliphatic heterocycles. The molecular formula is C14H10ClN3OS. The Kier molecular flexibility index (Phi) is 3.38. The lowest BCUT2D eigenvalue weighted by Gasteiger charge is -2.01. The minimum Gasteiger partial charge on any atom is -0.298 e. The van der Waals surface area contributed by atoms with Crippen LogP contribution in [0.1, 0.15) is 16.1 Å². The third-order valence-electron chi connectivity index (χ3n) is 2.74. The predicted molar refractivity (Wildman–Crippen MR) is 81.6 cm³/mol. The summed E-state index contributed by atoms with van der Waals surface area (Å²) in [6.07, 6.45) is 1.71. The molecule has 0 radical (unpaired) electrons. The Balaban J connectivity index is 1.85. The maximum Gasteiger partial charge on any atom is 0.257 e. The molecule has 1 N–H and O–H groups in total. The summed E-state index contributed by atoms with van der Waals surface area (Å²) in [6.45, 7) is 1.92. The highest BCUT2D eigenvalue weighted by molar-refractivity contribution is 7.22. The van der Waals surface area contributed by atoms with Crippen LogP contribution in [-0.4, -0.2) is 15.9 Å². The number of nitrogens with one attached hydrogen (secondary N) is 1. The monoisotopic (exact) mass is 303 g/mol.